The molecule has 0 aliphatic carbocycles. The van der Waals surface area contributed by atoms with E-state index in [-0.39, 0.29) is 6.61 Å². The maximum Gasteiger partial charge on any atom is 0.0702 e. The van der Waals surface area contributed by atoms with Crippen LogP contribution in [0.2, 0.25) is 0 Å². The second-order valence-electron chi connectivity index (χ2n) is 6.41. The predicted octanol–water partition coefficient (Wildman–Crippen LogP) is 3.95. The quantitative estimate of drug-likeness (QED) is 0.764. The number of aliphatic hydroxyl groups is 1. The van der Waals surface area contributed by atoms with Crippen LogP contribution in [-0.2, 0) is 13.2 Å². The zero-order valence-corrected chi connectivity index (χ0v) is 13.7. The molecular weight excluding hydrogens is 296 g/mol. The van der Waals surface area contributed by atoms with Gasteiger partial charge in [-0.1, -0.05) is 54.6 Å². The van der Waals surface area contributed by atoms with Crippen molar-refractivity contribution >= 4 is 16.5 Å². The number of hydrogen-bond donors (Lipinski definition) is 2. The van der Waals surface area contributed by atoms with Gasteiger partial charge < -0.3 is 10.1 Å². The number of aromatic nitrogens is 1. The van der Waals surface area contributed by atoms with Gasteiger partial charge in [-0.3, -0.25) is 4.90 Å². The summed E-state index contributed by atoms with van der Waals surface area (Å²) in [6, 6.07) is 16.8. The summed E-state index contributed by atoms with van der Waals surface area (Å²) in [6.45, 7) is 3.12. The fourth-order valence-electron chi connectivity index (χ4n) is 3.59. The summed E-state index contributed by atoms with van der Waals surface area (Å²) in [5.74, 6) is 0. The molecule has 122 valence electrons. The first-order valence-electron chi connectivity index (χ1n) is 8.50. The van der Waals surface area contributed by atoms with E-state index in [1.54, 1.807) is 0 Å². The molecule has 2 aromatic carbocycles. The van der Waals surface area contributed by atoms with Gasteiger partial charge in [0.05, 0.1) is 12.1 Å². The topological polar surface area (TPSA) is 39.3 Å². The van der Waals surface area contributed by atoms with Crippen molar-refractivity contribution in [3.8, 4) is 0 Å². The first-order valence-corrected chi connectivity index (χ1v) is 8.50. The van der Waals surface area contributed by atoms with Gasteiger partial charge >= 0.3 is 0 Å². The molecule has 2 N–H and O–H groups in total. The van der Waals surface area contributed by atoms with Crippen LogP contribution in [0.1, 0.15) is 23.1 Å². The average Bonchev–Trinajstić information content (AvgIpc) is 3.07. The molecule has 4 rings (SSSR count). The van der Waals surface area contributed by atoms with E-state index >= 15 is 0 Å². The molecule has 1 aromatic heterocycles. The molecule has 0 atom stereocenters. The molecule has 0 saturated carbocycles. The van der Waals surface area contributed by atoms with Gasteiger partial charge in [0.1, 0.15) is 0 Å². The first kappa shape index (κ1) is 15.2. The van der Waals surface area contributed by atoms with E-state index in [1.807, 2.05) is 12.1 Å². The van der Waals surface area contributed by atoms with Crippen LogP contribution in [-0.4, -0.2) is 28.1 Å². The number of fused-ring (bicyclic) bond motifs is 1. The van der Waals surface area contributed by atoms with Crippen molar-refractivity contribution in [3.63, 3.8) is 0 Å². The fourth-order valence-corrected chi connectivity index (χ4v) is 3.59. The van der Waals surface area contributed by atoms with E-state index in [0.29, 0.717) is 0 Å². The molecule has 3 nitrogen and oxygen atoms in total. The average molecular weight is 318 g/mol. The van der Waals surface area contributed by atoms with Crippen molar-refractivity contribution in [2.24, 2.45) is 0 Å². The maximum atomic E-state index is 9.52. The highest BCUT2D eigenvalue weighted by Crippen LogP contribution is 2.30. The van der Waals surface area contributed by atoms with E-state index in [9.17, 15) is 5.11 Å². The molecule has 0 spiro atoms. The van der Waals surface area contributed by atoms with Crippen LogP contribution < -0.4 is 0 Å². The Bertz CT molecular complexity index is 864. The number of nitrogens with one attached hydrogen (secondary N) is 1. The highest BCUT2D eigenvalue weighted by molar-refractivity contribution is 5.94. The lowest BCUT2D eigenvalue weighted by molar-refractivity contribution is 0.283. The number of H-pyrrole nitrogens is 1. The monoisotopic (exact) mass is 318 g/mol. The van der Waals surface area contributed by atoms with E-state index in [2.05, 4.69) is 58.6 Å². The minimum Gasteiger partial charge on any atom is -0.392 e. The Labute approximate surface area is 142 Å². The van der Waals surface area contributed by atoms with Crippen molar-refractivity contribution in [2.75, 3.05) is 13.1 Å². The Balaban J connectivity index is 1.59. The lowest BCUT2D eigenvalue weighted by atomic mass is 9.99. The van der Waals surface area contributed by atoms with Gasteiger partial charge in [0.15, 0.2) is 0 Å². The van der Waals surface area contributed by atoms with E-state index in [1.165, 1.54) is 22.1 Å². The molecule has 0 bridgehead atoms. The summed E-state index contributed by atoms with van der Waals surface area (Å²) in [7, 11) is 0. The van der Waals surface area contributed by atoms with Crippen LogP contribution in [0.5, 0.6) is 0 Å². The van der Waals surface area contributed by atoms with Crippen LogP contribution in [0, 0.1) is 0 Å². The van der Waals surface area contributed by atoms with Gasteiger partial charge in [-0.2, -0.15) is 0 Å². The van der Waals surface area contributed by atoms with Gasteiger partial charge in [-0.15, -0.1) is 0 Å². The third-order valence-corrected chi connectivity index (χ3v) is 4.80. The second-order valence-corrected chi connectivity index (χ2v) is 6.41. The zero-order valence-electron chi connectivity index (χ0n) is 13.7. The molecule has 0 fully saturated rings. The van der Waals surface area contributed by atoms with Crippen molar-refractivity contribution in [1.29, 1.82) is 0 Å². The molecule has 3 heteroatoms. The number of para-hydroxylation sites is 1. The molecule has 1 aliphatic heterocycles. The fraction of sp³-hybridized carbons (Fsp3) is 0.238. The van der Waals surface area contributed by atoms with Crippen molar-refractivity contribution in [3.05, 3.63) is 77.5 Å². The van der Waals surface area contributed by atoms with Crippen LogP contribution in [0.4, 0.5) is 0 Å². The summed E-state index contributed by atoms with van der Waals surface area (Å²) in [6.07, 6.45) is 5.52. The molecule has 0 saturated heterocycles. The number of aliphatic hydroxyl groups excluding tert-OH is 1. The molecule has 0 amide bonds. The highest BCUT2D eigenvalue weighted by Gasteiger charge is 2.17. The summed E-state index contributed by atoms with van der Waals surface area (Å²) >= 11 is 0. The van der Waals surface area contributed by atoms with Gasteiger partial charge in [-0.25, -0.2) is 0 Å². The third kappa shape index (κ3) is 2.88. The molecular formula is C21H22N2O. The Kier molecular flexibility index (Phi) is 4.20. The predicted molar refractivity (Wildman–Crippen MR) is 98.5 cm³/mol. The van der Waals surface area contributed by atoms with E-state index < -0.39 is 0 Å². The summed E-state index contributed by atoms with van der Waals surface area (Å²) in [4.78, 5) is 5.85. The SMILES string of the molecule is OCc1cccc2c(C3=CCCN(Cc4ccccc4)C3)c[nH]c12. The number of benzene rings is 2. The van der Waals surface area contributed by atoms with Gasteiger partial charge in [0.2, 0.25) is 0 Å². The lowest BCUT2D eigenvalue weighted by Gasteiger charge is -2.27. The first-order chi connectivity index (χ1) is 11.8. The number of hydrogen-bond acceptors (Lipinski definition) is 2. The van der Waals surface area contributed by atoms with E-state index in [0.717, 1.165) is 37.1 Å². The summed E-state index contributed by atoms with van der Waals surface area (Å²) < 4.78 is 0. The lowest BCUT2D eigenvalue weighted by Crippen LogP contribution is -2.28. The van der Waals surface area contributed by atoms with Crippen LogP contribution >= 0.6 is 0 Å². The second kappa shape index (κ2) is 6.63. The van der Waals surface area contributed by atoms with Gasteiger partial charge in [0, 0.05) is 42.3 Å². The molecule has 0 unspecified atom stereocenters. The largest absolute Gasteiger partial charge is 0.392 e. The molecule has 2 heterocycles. The molecule has 0 radical (unpaired) electrons. The zero-order chi connectivity index (χ0) is 16.4. The number of nitrogens with zero attached hydrogens (tertiary/aromatic N) is 1. The Morgan fingerprint density at radius 2 is 1.92 bits per heavy atom. The Hall–Kier alpha value is -2.36. The van der Waals surface area contributed by atoms with Crippen molar-refractivity contribution < 1.29 is 5.11 Å². The standard InChI is InChI=1S/C21H22N2O/c24-15-18-8-4-10-19-20(12-22-21(18)19)17-9-5-11-23(14-17)13-16-6-2-1-3-7-16/h1-4,6-10,12,22,24H,5,11,13-15H2. The summed E-state index contributed by atoms with van der Waals surface area (Å²) in [5, 5.41) is 10.7. The highest BCUT2D eigenvalue weighted by atomic mass is 16.3. The van der Waals surface area contributed by atoms with Gasteiger partial charge in [-0.05, 0) is 17.6 Å². The van der Waals surface area contributed by atoms with Crippen LogP contribution in [0.3, 0.4) is 0 Å². The minimum atomic E-state index is 0.0659. The molecule has 1 aliphatic rings. The molecule has 3 aromatic rings. The van der Waals surface area contributed by atoms with E-state index in [4.69, 9.17) is 0 Å². The number of rotatable bonds is 4. The summed E-state index contributed by atoms with van der Waals surface area (Å²) in [5.41, 5.74) is 6.00. The minimum absolute atomic E-state index is 0.0659. The van der Waals surface area contributed by atoms with Gasteiger partial charge in [0.25, 0.3) is 0 Å². The van der Waals surface area contributed by atoms with Crippen LogP contribution in [0.25, 0.3) is 16.5 Å². The maximum absolute atomic E-state index is 9.52. The van der Waals surface area contributed by atoms with Crippen LogP contribution in [0.15, 0.2) is 60.8 Å². The van der Waals surface area contributed by atoms with Crippen molar-refractivity contribution in [1.82, 2.24) is 9.88 Å². The normalized spacial score (nSPS) is 15.6. The number of aromatic amines is 1. The van der Waals surface area contributed by atoms with Crippen molar-refractivity contribution in [2.45, 2.75) is 19.6 Å². The molecule has 24 heavy (non-hydrogen) atoms. The Morgan fingerprint density at radius 3 is 2.75 bits per heavy atom. The smallest absolute Gasteiger partial charge is 0.0702 e. The third-order valence-electron chi connectivity index (χ3n) is 4.80. The Morgan fingerprint density at radius 1 is 1.04 bits per heavy atom.